The third kappa shape index (κ3) is 4.02. The lowest BCUT2D eigenvalue weighted by atomic mass is 10.00. The molecule has 1 aromatic rings. The van der Waals surface area contributed by atoms with Gasteiger partial charge in [0.05, 0.1) is 0 Å². The molecule has 1 aliphatic rings. The Hall–Kier alpha value is -0.950. The average molecular weight is 298 g/mol. The van der Waals surface area contributed by atoms with Gasteiger partial charge in [0.1, 0.15) is 0 Å². The fraction of sp³-hybridized carbons (Fsp3) is 0.571. The van der Waals surface area contributed by atoms with E-state index in [1.54, 1.807) is 0 Å². The van der Waals surface area contributed by atoms with Crippen molar-refractivity contribution in [3.05, 3.63) is 35.4 Å². The summed E-state index contributed by atoms with van der Waals surface area (Å²) >= 11 is 0. The van der Waals surface area contributed by atoms with Crippen LogP contribution in [-0.2, 0) is 16.8 Å². The predicted octanol–water partition coefficient (Wildman–Crippen LogP) is 1.03. The first-order valence-electron chi connectivity index (χ1n) is 6.92. The average Bonchev–Trinajstić information content (AvgIpc) is 2.45. The molecule has 0 unspecified atom stereocenters. The van der Waals surface area contributed by atoms with Gasteiger partial charge in [-0.15, -0.1) is 0 Å². The van der Waals surface area contributed by atoms with Gasteiger partial charge in [-0.3, -0.25) is 0 Å². The second kappa shape index (κ2) is 6.67. The van der Waals surface area contributed by atoms with E-state index in [1.165, 1.54) is 4.31 Å². The van der Waals surface area contributed by atoms with E-state index < -0.39 is 10.2 Å². The van der Waals surface area contributed by atoms with Crippen LogP contribution in [0.25, 0.3) is 0 Å². The van der Waals surface area contributed by atoms with Crippen molar-refractivity contribution in [1.82, 2.24) is 9.03 Å². The summed E-state index contributed by atoms with van der Waals surface area (Å²) in [5.74, 6) is 0.234. The third-order valence-corrected chi connectivity index (χ3v) is 5.27. The summed E-state index contributed by atoms with van der Waals surface area (Å²) in [7, 11) is -3.42. The van der Waals surface area contributed by atoms with Crippen LogP contribution in [0.3, 0.4) is 0 Å². The molecule has 0 atom stereocenters. The Bertz CT molecular complexity index is 537. The van der Waals surface area contributed by atoms with Crippen molar-refractivity contribution in [2.24, 2.45) is 5.92 Å². The summed E-state index contributed by atoms with van der Waals surface area (Å²) in [6.07, 6.45) is 1.45. The first-order chi connectivity index (χ1) is 9.51. The summed E-state index contributed by atoms with van der Waals surface area (Å²) in [5, 5.41) is 9.07. The lowest BCUT2D eigenvalue weighted by Gasteiger charge is -2.30. The van der Waals surface area contributed by atoms with E-state index in [9.17, 15) is 8.42 Å². The number of hydrogen-bond donors (Lipinski definition) is 2. The highest BCUT2D eigenvalue weighted by molar-refractivity contribution is 7.87. The molecule has 0 radical (unpaired) electrons. The molecule has 112 valence electrons. The highest BCUT2D eigenvalue weighted by Gasteiger charge is 2.27. The lowest BCUT2D eigenvalue weighted by Crippen LogP contribution is -2.45. The number of hydrogen-bond acceptors (Lipinski definition) is 3. The van der Waals surface area contributed by atoms with Crippen LogP contribution in [0, 0.1) is 12.8 Å². The Morgan fingerprint density at radius 1 is 1.35 bits per heavy atom. The molecule has 0 saturated carbocycles. The molecule has 0 aliphatic carbocycles. The quantitative estimate of drug-likeness (QED) is 0.853. The molecule has 1 heterocycles. The third-order valence-electron chi connectivity index (χ3n) is 3.71. The van der Waals surface area contributed by atoms with Crippen LogP contribution in [-0.4, -0.2) is 37.5 Å². The first kappa shape index (κ1) is 15.4. The Morgan fingerprint density at radius 3 is 2.65 bits per heavy atom. The number of aryl methyl sites for hydroxylation is 1. The molecule has 1 saturated heterocycles. The smallest absolute Gasteiger partial charge is 0.279 e. The lowest BCUT2D eigenvalue weighted by molar-refractivity contribution is 0.169. The van der Waals surface area contributed by atoms with Crippen LogP contribution in [0.15, 0.2) is 24.3 Å². The van der Waals surface area contributed by atoms with Crippen molar-refractivity contribution in [1.29, 1.82) is 0 Å². The van der Waals surface area contributed by atoms with Gasteiger partial charge in [0.15, 0.2) is 0 Å². The van der Waals surface area contributed by atoms with E-state index in [4.69, 9.17) is 5.11 Å². The number of nitrogens with zero attached hydrogens (tertiary/aromatic N) is 1. The maximum absolute atomic E-state index is 12.2. The van der Waals surface area contributed by atoms with E-state index >= 15 is 0 Å². The molecule has 0 amide bonds. The fourth-order valence-corrected chi connectivity index (χ4v) is 3.64. The summed E-state index contributed by atoms with van der Waals surface area (Å²) in [6.45, 7) is 3.40. The number of piperidine rings is 1. The molecular weight excluding hydrogens is 276 g/mol. The number of benzene rings is 1. The molecule has 1 aromatic carbocycles. The summed E-state index contributed by atoms with van der Waals surface area (Å²) < 4.78 is 28.5. The van der Waals surface area contributed by atoms with Gasteiger partial charge in [-0.25, -0.2) is 0 Å². The number of aliphatic hydroxyl groups is 1. The van der Waals surface area contributed by atoms with E-state index in [1.807, 2.05) is 31.2 Å². The van der Waals surface area contributed by atoms with Crippen LogP contribution in [0.5, 0.6) is 0 Å². The van der Waals surface area contributed by atoms with Crippen molar-refractivity contribution in [2.45, 2.75) is 26.3 Å². The Labute approximate surface area is 120 Å². The number of nitrogens with one attached hydrogen (secondary N) is 1. The minimum absolute atomic E-state index is 0.143. The monoisotopic (exact) mass is 298 g/mol. The normalized spacial score (nSPS) is 18.3. The van der Waals surface area contributed by atoms with E-state index in [0.717, 1.165) is 24.0 Å². The standard InChI is InChI=1S/C14H22N2O3S/c1-12-3-2-4-14(9-12)10-15-20(18,19)16-7-5-13(11-17)6-8-16/h2-4,9,13,15,17H,5-8,10-11H2,1H3. The first-order valence-corrected chi connectivity index (χ1v) is 8.36. The van der Waals surface area contributed by atoms with E-state index in [2.05, 4.69) is 4.72 Å². The molecule has 1 fully saturated rings. The largest absolute Gasteiger partial charge is 0.396 e. The van der Waals surface area contributed by atoms with Crippen molar-refractivity contribution < 1.29 is 13.5 Å². The van der Waals surface area contributed by atoms with Crippen molar-refractivity contribution >= 4 is 10.2 Å². The molecular formula is C14H22N2O3S. The molecule has 1 aliphatic heterocycles. The maximum atomic E-state index is 12.2. The zero-order valence-electron chi connectivity index (χ0n) is 11.7. The molecule has 0 bridgehead atoms. The molecule has 0 spiro atoms. The second-order valence-corrected chi connectivity index (χ2v) is 7.10. The molecule has 20 heavy (non-hydrogen) atoms. The molecule has 2 rings (SSSR count). The van der Waals surface area contributed by atoms with Gasteiger partial charge < -0.3 is 5.11 Å². The highest BCUT2D eigenvalue weighted by atomic mass is 32.2. The van der Waals surface area contributed by atoms with Crippen LogP contribution < -0.4 is 4.72 Å². The van der Waals surface area contributed by atoms with Gasteiger partial charge in [-0.05, 0) is 31.2 Å². The van der Waals surface area contributed by atoms with Crippen molar-refractivity contribution in [3.8, 4) is 0 Å². The van der Waals surface area contributed by atoms with Crippen LogP contribution in [0.2, 0.25) is 0 Å². The minimum atomic E-state index is -3.42. The van der Waals surface area contributed by atoms with Crippen molar-refractivity contribution in [3.63, 3.8) is 0 Å². The van der Waals surface area contributed by atoms with Crippen LogP contribution >= 0.6 is 0 Å². The SMILES string of the molecule is Cc1cccc(CNS(=O)(=O)N2CCC(CO)CC2)c1. The highest BCUT2D eigenvalue weighted by Crippen LogP contribution is 2.18. The predicted molar refractivity (Wildman–Crippen MR) is 78.3 cm³/mol. The fourth-order valence-electron chi connectivity index (χ4n) is 2.42. The molecule has 2 N–H and O–H groups in total. The van der Waals surface area contributed by atoms with E-state index in [-0.39, 0.29) is 12.5 Å². The van der Waals surface area contributed by atoms with Crippen molar-refractivity contribution in [2.75, 3.05) is 19.7 Å². The zero-order valence-corrected chi connectivity index (χ0v) is 12.6. The Morgan fingerprint density at radius 2 is 2.05 bits per heavy atom. The van der Waals surface area contributed by atoms with Gasteiger partial charge in [-0.1, -0.05) is 29.8 Å². The van der Waals surface area contributed by atoms with E-state index in [0.29, 0.717) is 19.6 Å². The minimum Gasteiger partial charge on any atom is -0.396 e. The Balaban J connectivity index is 1.91. The molecule has 0 aromatic heterocycles. The molecule has 5 nitrogen and oxygen atoms in total. The summed E-state index contributed by atoms with van der Waals surface area (Å²) in [4.78, 5) is 0. The van der Waals surface area contributed by atoms with Gasteiger partial charge in [0.2, 0.25) is 0 Å². The maximum Gasteiger partial charge on any atom is 0.279 e. The van der Waals surface area contributed by atoms with Crippen LogP contribution in [0.4, 0.5) is 0 Å². The number of aliphatic hydroxyl groups excluding tert-OH is 1. The topological polar surface area (TPSA) is 69.6 Å². The van der Waals surface area contributed by atoms with Crippen LogP contribution in [0.1, 0.15) is 24.0 Å². The Kier molecular flexibility index (Phi) is 5.15. The summed E-state index contributed by atoms with van der Waals surface area (Å²) in [6, 6.07) is 7.79. The van der Waals surface area contributed by atoms with Gasteiger partial charge >= 0.3 is 0 Å². The number of rotatable bonds is 5. The van der Waals surface area contributed by atoms with Gasteiger partial charge in [-0.2, -0.15) is 17.4 Å². The summed E-state index contributed by atoms with van der Waals surface area (Å²) in [5.41, 5.74) is 2.07. The van der Waals surface area contributed by atoms with Gasteiger partial charge in [0, 0.05) is 26.2 Å². The molecule has 6 heteroatoms. The second-order valence-electron chi connectivity index (χ2n) is 5.34. The van der Waals surface area contributed by atoms with Gasteiger partial charge in [0.25, 0.3) is 10.2 Å². The zero-order chi connectivity index (χ0) is 14.6.